The summed E-state index contributed by atoms with van der Waals surface area (Å²) in [6, 6.07) is 19.9. The summed E-state index contributed by atoms with van der Waals surface area (Å²) in [6.07, 6.45) is 2.04. The molecular formula is C33H46NO5PS. The van der Waals surface area contributed by atoms with Crippen molar-refractivity contribution in [3.05, 3.63) is 88.5 Å². The van der Waals surface area contributed by atoms with Gasteiger partial charge >= 0.3 is 6.72 Å². The Morgan fingerprint density at radius 3 is 1.41 bits per heavy atom. The highest BCUT2D eigenvalue weighted by molar-refractivity contribution is 8.07. The van der Waals surface area contributed by atoms with Crippen LogP contribution in [0.25, 0.3) is 0 Å². The van der Waals surface area contributed by atoms with Gasteiger partial charge in [0.15, 0.2) is 0 Å². The smallest absolute Gasteiger partial charge is 0.380 e. The van der Waals surface area contributed by atoms with Gasteiger partial charge in [0.1, 0.15) is 17.2 Å². The molecule has 224 valence electrons. The van der Waals surface area contributed by atoms with Crippen LogP contribution >= 0.6 is 6.72 Å². The first kappa shape index (κ1) is 36.1. The molecule has 0 fully saturated rings. The molecule has 0 unspecified atom stereocenters. The molecule has 3 aromatic carbocycles. The van der Waals surface area contributed by atoms with Gasteiger partial charge in [0.05, 0.1) is 11.6 Å². The van der Waals surface area contributed by atoms with Gasteiger partial charge in [-0.2, -0.15) is 5.26 Å². The summed E-state index contributed by atoms with van der Waals surface area (Å²) in [4.78, 5) is 0. The zero-order valence-corrected chi connectivity index (χ0v) is 27.8. The van der Waals surface area contributed by atoms with Crippen molar-refractivity contribution in [2.75, 3.05) is 14.2 Å². The van der Waals surface area contributed by atoms with E-state index >= 15 is 0 Å². The maximum Gasteiger partial charge on any atom is 0.380 e. The molecule has 0 heterocycles. The fourth-order valence-corrected chi connectivity index (χ4v) is 4.95. The second-order valence-corrected chi connectivity index (χ2v) is 14.6. The Hall–Kier alpha value is -2.88. The molecule has 0 atom stereocenters. The highest BCUT2D eigenvalue weighted by Gasteiger charge is 2.19. The molecule has 8 heteroatoms. The fourth-order valence-electron chi connectivity index (χ4n) is 4.01. The van der Waals surface area contributed by atoms with E-state index in [0.717, 1.165) is 12.8 Å². The number of hydrogen-bond acceptors (Lipinski definition) is 7. The van der Waals surface area contributed by atoms with Crippen molar-refractivity contribution in [3.63, 3.8) is 0 Å². The molecule has 0 radical (unpaired) electrons. The first-order chi connectivity index (χ1) is 19.0. The second-order valence-electron chi connectivity index (χ2n) is 11.4. The van der Waals surface area contributed by atoms with Gasteiger partial charge in [-0.1, -0.05) is 67.5 Å². The van der Waals surface area contributed by atoms with Crippen molar-refractivity contribution >= 4 is 18.5 Å². The molecule has 0 saturated carbocycles. The Labute approximate surface area is 252 Å². The van der Waals surface area contributed by atoms with E-state index in [4.69, 9.17) is 30.6 Å². The summed E-state index contributed by atoms with van der Waals surface area (Å²) in [6.45, 7) is 14.6. The molecule has 0 bridgehead atoms. The van der Waals surface area contributed by atoms with Crippen LogP contribution in [-0.2, 0) is 44.5 Å². The van der Waals surface area contributed by atoms with Crippen LogP contribution in [0.3, 0.4) is 0 Å². The SMILES string of the molecule is CCc1ccc(O)cc1C(C)(C)C.CCc1ccc(O)cc1C(C)(C)C.COP(=S)(OC)Oc1ccc(C#N)cc1. The lowest BCUT2D eigenvalue weighted by atomic mass is 9.83. The van der Waals surface area contributed by atoms with Crippen LogP contribution in [0.4, 0.5) is 0 Å². The Morgan fingerprint density at radius 2 is 1.12 bits per heavy atom. The van der Waals surface area contributed by atoms with Gasteiger partial charge in [-0.25, -0.2) is 0 Å². The van der Waals surface area contributed by atoms with Gasteiger partial charge in [0.2, 0.25) is 0 Å². The number of aryl methyl sites for hydroxylation is 2. The maximum atomic E-state index is 9.40. The highest BCUT2D eigenvalue weighted by atomic mass is 32.5. The summed E-state index contributed by atoms with van der Waals surface area (Å²) >= 11 is 5.03. The zero-order valence-electron chi connectivity index (χ0n) is 26.1. The Bertz CT molecular complexity index is 1260. The molecule has 3 rings (SSSR count). The van der Waals surface area contributed by atoms with Crippen LogP contribution in [0.5, 0.6) is 17.2 Å². The van der Waals surface area contributed by atoms with Gasteiger partial charge in [0.25, 0.3) is 0 Å². The van der Waals surface area contributed by atoms with Gasteiger partial charge in [0, 0.05) is 26.0 Å². The summed E-state index contributed by atoms with van der Waals surface area (Å²) in [5.74, 6) is 1.25. The molecule has 2 N–H and O–H groups in total. The first-order valence-electron chi connectivity index (χ1n) is 13.6. The largest absolute Gasteiger partial charge is 0.508 e. The number of benzene rings is 3. The van der Waals surface area contributed by atoms with Crippen LogP contribution in [-0.4, -0.2) is 24.4 Å². The predicted molar refractivity (Wildman–Crippen MR) is 172 cm³/mol. The summed E-state index contributed by atoms with van der Waals surface area (Å²) in [7, 11) is 2.88. The monoisotopic (exact) mass is 599 g/mol. The molecule has 6 nitrogen and oxygen atoms in total. The van der Waals surface area contributed by atoms with E-state index in [-0.39, 0.29) is 10.8 Å². The van der Waals surface area contributed by atoms with Gasteiger partial charge in [-0.15, -0.1) is 0 Å². The molecule has 41 heavy (non-hydrogen) atoms. The van der Waals surface area contributed by atoms with E-state index in [0.29, 0.717) is 22.8 Å². The number of aromatic hydroxyl groups is 2. The van der Waals surface area contributed by atoms with Crippen LogP contribution in [0, 0.1) is 11.3 Å². The van der Waals surface area contributed by atoms with Crippen molar-refractivity contribution in [2.45, 2.75) is 79.1 Å². The van der Waals surface area contributed by atoms with E-state index < -0.39 is 6.72 Å². The van der Waals surface area contributed by atoms with Crippen LogP contribution < -0.4 is 4.52 Å². The Balaban J connectivity index is 0.000000309. The first-order valence-corrected chi connectivity index (χ1v) is 16.1. The molecule has 0 aliphatic carbocycles. The third kappa shape index (κ3) is 11.9. The van der Waals surface area contributed by atoms with Crippen LogP contribution in [0.2, 0.25) is 0 Å². The van der Waals surface area contributed by atoms with E-state index in [1.807, 2.05) is 30.3 Å². The Morgan fingerprint density at radius 1 is 0.732 bits per heavy atom. The van der Waals surface area contributed by atoms with Gasteiger partial charge in [-0.3, -0.25) is 0 Å². The molecule has 3 aromatic rings. The standard InChI is InChI=1S/2C12H18O.C9H10NO3PS/c2*1-5-9-6-7-10(13)8-11(9)12(2,3)4;1-11-14(15,12-2)13-9-5-3-8(7-10)4-6-9/h2*6-8,13H,5H2,1-4H3;3-6H,1-2H3. The number of phenols is 2. The second kappa shape index (κ2) is 15.9. The van der Waals surface area contributed by atoms with Gasteiger partial charge < -0.3 is 23.8 Å². The van der Waals surface area contributed by atoms with Crippen LogP contribution in [0.1, 0.15) is 83.2 Å². The quantitative estimate of drug-likeness (QED) is 0.273. The third-order valence-corrected chi connectivity index (χ3v) is 8.66. The van der Waals surface area contributed by atoms with Crippen molar-refractivity contribution in [2.24, 2.45) is 0 Å². The molecule has 0 spiro atoms. The fraction of sp³-hybridized carbons (Fsp3) is 0.424. The van der Waals surface area contributed by atoms with E-state index in [1.54, 1.807) is 36.4 Å². The number of rotatable bonds is 6. The molecule has 0 aromatic heterocycles. The molecule has 0 aliphatic heterocycles. The number of hydrogen-bond donors (Lipinski definition) is 2. The minimum Gasteiger partial charge on any atom is -0.508 e. The Kier molecular flexibility index (Phi) is 14.1. The summed E-state index contributed by atoms with van der Waals surface area (Å²) < 4.78 is 15.3. The molecule has 0 amide bonds. The number of phenolic OH excluding ortho intramolecular Hbond substituents is 2. The number of nitrogens with zero attached hydrogens (tertiary/aromatic N) is 1. The average Bonchev–Trinajstić information content (AvgIpc) is 2.93. The van der Waals surface area contributed by atoms with Crippen molar-refractivity contribution in [3.8, 4) is 23.3 Å². The van der Waals surface area contributed by atoms with Crippen molar-refractivity contribution in [1.82, 2.24) is 0 Å². The minimum absolute atomic E-state index is 0.115. The number of nitriles is 1. The summed E-state index contributed by atoms with van der Waals surface area (Å²) in [5.41, 5.74) is 5.93. The minimum atomic E-state index is -2.68. The third-order valence-electron chi connectivity index (χ3n) is 6.21. The average molecular weight is 600 g/mol. The van der Waals surface area contributed by atoms with Crippen molar-refractivity contribution in [1.29, 1.82) is 5.26 Å². The predicted octanol–water partition coefficient (Wildman–Crippen LogP) is 8.96. The maximum absolute atomic E-state index is 9.40. The normalized spacial score (nSPS) is 11.3. The van der Waals surface area contributed by atoms with E-state index in [1.165, 1.54) is 36.5 Å². The van der Waals surface area contributed by atoms with Gasteiger partial charge in [-0.05, 0) is 94.5 Å². The van der Waals surface area contributed by atoms with Crippen LogP contribution in [0.15, 0.2) is 60.7 Å². The molecule has 0 saturated heterocycles. The zero-order chi connectivity index (χ0) is 31.4. The lowest BCUT2D eigenvalue weighted by Crippen LogP contribution is -2.13. The lowest BCUT2D eigenvalue weighted by Gasteiger charge is -2.22. The lowest BCUT2D eigenvalue weighted by molar-refractivity contribution is 0.273. The summed E-state index contributed by atoms with van der Waals surface area (Å²) in [5, 5.41) is 27.4. The van der Waals surface area contributed by atoms with E-state index in [2.05, 4.69) is 55.4 Å². The topological polar surface area (TPSA) is 91.9 Å². The van der Waals surface area contributed by atoms with E-state index in [9.17, 15) is 10.2 Å². The molecular weight excluding hydrogens is 553 g/mol. The highest BCUT2D eigenvalue weighted by Crippen LogP contribution is 2.48. The molecule has 0 aliphatic rings. The van der Waals surface area contributed by atoms with Crippen molar-refractivity contribution < 1.29 is 23.8 Å².